The number of piperidine rings is 1. The predicted octanol–water partition coefficient (Wildman–Crippen LogP) is 4.48. The molecular weight excluding hydrogens is 462 g/mol. The molecule has 186 valence electrons. The molecule has 0 unspecified atom stereocenters. The molecule has 1 fully saturated rings. The number of pyridine rings is 2. The fraction of sp³-hybridized carbons (Fsp3) is 0.333. The third-order valence-corrected chi connectivity index (χ3v) is 6.69. The minimum absolute atomic E-state index is 0.00315. The molecule has 1 saturated heterocycles. The van der Waals surface area contributed by atoms with E-state index >= 15 is 4.39 Å². The van der Waals surface area contributed by atoms with Crippen molar-refractivity contribution >= 4 is 16.9 Å². The second-order valence-electron chi connectivity index (χ2n) is 9.56. The van der Waals surface area contributed by atoms with Gasteiger partial charge < -0.3 is 10.6 Å². The number of aromatic nitrogens is 4. The van der Waals surface area contributed by atoms with E-state index in [1.165, 1.54) is 28.8 Å². The Hall–Kier alpha value is -3.72. The van der Waals surface area contributed by atoms with Gasteiger partial charge in [-0.15, -0.1) is 0 Å². The number of rotatable bonds is 4. The van der Waals surface area contributed by atoms with Crippen LogP contribution in [0.4, 0.5) is 14.6 Å². The molecule has 36 heavy (non-hydrogen) atoms. The van der Waals surface area contributed by atoms with Gasteiger partial charge in [0, 0.05) is 30.9 Å². The molecule has 0 saturated carbocycles. The summed E-state index contributed by atoms with van der Waals surface area (Å²) in [6.07, 6.45) is 3.15. The molecule has 5 rings (SSSR count). The Bertz CT molecular complexity index is 1510. The van der Waals surface area contributed by atoms with Gasteiger partial charge in [0.15, 0.2) is 5.65 Å². The van der Waals surface area contributed by atoms with E-state index in [2.05, 4.69) is 15.0 Å². The lowest BCUT2D eigenvalue weighted by atomic mass is 10.0. The summed E-state index contributed by atoms with van der Waals surface area (Å²) in [7, 11) is 0. The quantitative estimate of drug-likeness (QED) is 0.454. The molecule has 3 aromatic heterocycles. The molecule has 9 heteroatoms. The Balaban J connectivity index is 1.87. The van der Waals surface area contributed by atoms with E-state index in [4.69, 9.17) is 5.73 Å². The van der Waals surface area contributed by atoms with Gasteiger partial charge in [0.05, 0.1) is 16.8 Å². The lowest BCUT2D eigenvalue weighted by molar-refractivity contribution is 0.499. The summed E-state index contributed by atoms with van der Waals surface area (Å²) in [5, 5.41) is 0.376. The highest BCUT2D eigenvalue weighted by atomic mass is 19.1. The van der Waals surface area contributed by atoms with Crippen molar-refractivity contribution in [2.75, 3.05) is 18.0 Å². The lowest BCUT2D eigenvalue weighted by Gasteiger charge is -2.32. The summed E-state index contributed by atoms with van der Waals surface area (Å²) >= 11 is 0. The number of nitrogens with two attached hydrogens (primary N) is 1. The third kappa shape index (κ3) is 4.13. The number of nitrogens with zero attached hydrogens (tertiary/aromatic N) is 5. The van der Waals surface area contributed by atoms with E-state index in [0.717, 1.165) is 18.4 Å². The maximum Gasteiger partial charge on any atom is 0.355 e. The first-order valence-corrected chi connectivity index (χ1v) is 12.1. The number of benzene rings is 1. The summed E-state index contributed by atoms with van der Waals surface area (Å²) in [4.78, 5) is 29.1. The van der Waals surface area contributed by atoms with Gasteiger partial charge in [-0.3, -0.25) is 4.98 Å². The van der Waals surface area contributed by atoms with Crippen molar-refractivity contribution < 1.29 is 8.78 Å². The van der Waals surface area contributed by atoms with E-state index in [-0.39, 0.29) is 28.9 Å². The van der Waals surface area contributed by atoms with Crippen LogP contribution in [0.5, 0.6) is 0 Å². The van der Waals surface area contributed by atoms with E-state index < -0.39 is 17.3 Å². The largest absolute Gasteiger partial charge is 0.356 e. The third-order valence-electron chi connectivity index (χ3n) is 6.69. The van der Waals surface area contributed by atoms with Crippen molar-refractivity contribution in [3.8, 4) is 16.9 Å². The van der Waals surface area contributed by atoms with E-state index in [1.807, 2.05) is 25.7 Å². The molecule has 4 heterocycles. The SMILES string of the molecule is Cc1ccnc(C(C)C)c1-n1c(=O)nc(N2CCC(N)CC2)c2cc(F)c(-c3ccccc3F)nc21. The Kier molecular flexibility index (Phi) is 6.26. The van der Waals surface area contributed by atoms with Crippen LogP contribution in [0.1, 0.15) is 43.9 Å². The zero-order valence-corrected chi connectivity index (χ0v) is 20.5. The average molecular weight is 491 g/mol. The molecule has 0 aliphatic carbocycles. The molecule has 4 aromatic rings. The number of fused-ring (bicyclic) bond motifs is 1. The topological polar surface area (TPSA) is 89.9 Å². The number of aryl methyl sites for hydroxylation is 1. The highest BCUT2D eigenvalue weighted by Gasteiger charge is 2.26. The normalized spacial score (nSPS) is 14.7. The average Bonchev–Trinajstić information content (AvgIpc) is 2.85. The molecule has 0 atom stereocenters. The molecule has 0 amide bonds. The van der Waals surface area contributed by atoms with Crippen LogP contribution < -0.4 is 16.3 Å². The minimum atomic E-state index is -0.693. The summed E-state index contributed by atoms with van der Waals surface area (Å²) < 4.78 is 31.6. The zero-order valence-electron chi connectivity index (χ0n) is 20.5. The molecule has 7 nitrogen and oxygen atoms in total. The van der Waals surface area contributed by atoms with Gasteiger partial charge in [0.1, 0.15) is 23.1 Å². The van der Waals surface area contributed by atoms with Gasteiger partial charge in [-0.1, -0.05) is 26.0 Å². The minimum Gasteiger partial charge on any atom is -0.356 e. The zero-order chi connectivity index (χ0) is 25.6. The first-order chi connectivity index (χ1) is 17.3. The van der Waals surface area contributed by atoms with Gasteiger partial charge in [0.25, 0.3) is 0 Å². The Morgan fingerprint density at radius 1 is 1.06 bits per heavy atom. The van der Waals surface area contributed by atoms with Crippen LogP contribution in [0.3, 0.4) is 0 Å². The molecular formula is C27H28F2N6O. The van der Waals surface area contributed by atoms with Gasteiger partial charge in [-0.25, -0.2) is 23.1 Å². The summed E-state index contributed by atoms with van der Waals surface area (Å²) in [6, 6.07) is 9.06. The Labute approximate surface area is 207 Å². The second-order valence-corrected chi connectivity index (χ2v) is 9.56. The molecule has 0 spiro atoms. The fourth-order valence-corrected chi connectivity index (χ4v) is 4.79. The molecule has 2 N–H and O–H groups in total. The molecule has 1 aromatic carbocycles. The Morgan fingerprint density at radius 2 is 1.78 bits per heavy atom. The summed E-state index contributed by atoms with van der Waals surface area (Å²) in [5.41, 5.74) is 7.63. The molecule has 1 aliphatic heterocycles. The number of hydrogen-bond donors (Lipinski definition) is 1. The monoisotopic (exact) mass is 490 g/mol. The van der Waals surface area contributed by atoms with Crippen molar-refractivity contribution in [3.63, 3.8) is 0 Å². The summed E-state index contributed by atoms with van der Waals surface area (Å²) in [5.74, 6) is -0.938. The van der Waals surface area contributed by atoms with Crippen molar-refractivity contribution in [1.29, 1.82) is 0 Å². The van der Waals surface area contributed by atoms with Crippen LogP contribution in [0.15, 0.2) is 47.4 Å². The first-order valence-electron chi connectivity index (χ1n) is 12.1. The van der Waals surface area contributed by atoms with Crippen molar-refractivity contribution in [2.45, 2.75) is 45.6 Å². The summed E-state index contributed by atoms with van der Waals surface area (Å²) in [6.45, 7) is 7.02. The Morgan fingerprint density at radius 3 is 2.47 bits per heavy atom. The molecule has 0 radical (unpaired) electrons. The predicted molar refractivity (Wildman–Crippen MR) is 137 cm³/mol. The maximum atomic E-state index is 15.5. The van der Waals surface area contributed by atoms with Gasteiger partial charge in [0.2, 0.25) is 0 Å². The van der Waals surface area contributed by atoms with E-state index in [0.29, 0.717) is 35.7 Å². The van der Waals surface area contributed by atoms with Crippen LogP contribution in [-0.2, 0) is 0 Å². The second kappa shape index (κ2) is 9.39. The highest BCUT2D eigenvalue weighted by Crippen LogP contribution is 2.33. The standard InChI is InChI=1S/C27H28F2N6O/c1-15(2)22-24(16(3)8-11-31-22)35-26-19(25(33-27(35)36)34-12-9-17(30)10-13-34)14-21(29)23(32-26)18-6-4-5-7-20(18)28/h4-8,11,14-15,17H,9-10,12-13,30H2,1-3H3. The maximum absolute atomic E-state index is 15.5. The van der Waals surface area contributed by atoms with Crippen LogP contribution >= 0.6 is 0 Å². The molecule has 0 bridgehead atoms. The van der Waals surface area contributed by atoms with Gasteiger partial charge >= 0.3 is 5.69 Å². The van der Waals surface area contributed by atoms with Crippen molar-refractivity contribution in [2.24, 2.45) is 5.73 Å². The van der Waals surface area contributed by atoms with Gasteiger partial charge in [-0.2, -0.15) is 4.98 Å². The van der Waals surface area contributed by atoms with Crippen LogP contribution in [0.25, 0.3) is 28.0 Å². The van der Waals surface area contributed by atoms with E-state index in [1.54, 1.807) is 18.3 Å². The van der Waals surface area contributed by atoms with Crippen molar-refractivity contribution in [3.05, 3.63) is 76.0 Å². The number of anilines is 1. The van der Waals surface area contributed by atoms with Crippen LogP contribution in [0.2, 0.25) is 0 Å². The van der Waals surface area contributed by atoms with E-state index in [9.17, 15) is 9.18 Å². The van der Waals surface area contributed by atoms with Crippen LogP contribution in [-0.4, -0.2) is 38.7 Å². The smallest absolute Gasteiger partial charge is 0.355 e. The van der Waals surface area contributed by atoms with Crippen LogP contribution in [0, 0.1) is 18.6 Å². The fourth-order valence-electron chi connectivity index (χ4n) is 4.79. The molecule has 1 aliphatic rings. The van der Waals surface area contributed by atoms with Crippen molar-refractivity contribution in [1.82, 2.24) is 19.5 Å². The lowest BCUT2D eigenvalue weighted by Crippen LogP contribution is -2.41. The number of halogens is 2. The number of hydrogen-bond acceptors (Lipinski definition) is 6. The van der Waals surface area contributed by atoms with Gasteiger partial charge in [-0.05, 0) is 55.5 Å². The highest BCUT2D eigenvalue weighted by molar-refractivity contribution is 5.90. The first kappa shape index (κ1) is 24.0.